The number of nitrogens with one attached hydrogen (secondary N) is 1. The Kier molecular flexibility index (Phi) is 4.57. The van der Waals surface area contributed by atoms with Crippen molar-refractivity contribution >= 4 is 17.6 Å². The first-order chi connectivity index (χ1) is 13.1. The second-order valence-corrected chi connectivity index (χ2v) is 6.43. The monoisotopic (exact) mass is 370 g/mol. The van der Waals surface area contributed by atoms with Crippen LogP contribution in [0.4, 0.5) is 5.69 Å². The van der Waals surface area contributed by atoms with Gasteiger partial charge in [0, 0.05) is 39.9 Å². The minimum Gasteiger partial charge on any atom is -0.454 e. The summed E-state index contributed by atoms with van der Waals surface area (Å²) in [5.41, 5.74) is 1.88. The van der Waals surface area contributed by atoms with Gasteiger partial charge in [0.1, 0.15) is 6.54 Å². The van der Waals surface area contributed by atoms with Crippen LogP contribution in [-0.2, 0) is 18.4 Å². The summed E-state index contributed by atoms with van der Waals surface area (Å²) in [7, 11) is 3.56. The predicted molar refractivity (Wildman–Crippen MR) is 99.9 cm³/mol. The molecule has 9 nitrogen and oxygen atoms in total. The van der Waals surface area contributed by atoms with Crippen molar-refractivity contribution in [3.05, 3.63) is 36.2 Å². The maximum absolute atomic E-state index is 12.6. The van der Waals surface area contributed by atoms with Crippen molar-refractivity contribution in [1.82, 2.24) is 20.0 Å². The van der Waals surface area contributed by atoms with Crippen LogP contribution in [0.3, 0.4) is 0 Å². The van der Waals surface area contributed by atoms with Gasteiger partial charge in [-0.2, -0.15) is 5.10 Å². The molecular weight excluding hydrogens is 348 g/mol. The van der Waals surface area contributed by atoms with E-state index in [1.54, 1.807) is 22.8 Å². The number of carbonyl (C=O) groups excluding carboxylic acids is 1. The molecule has 0 bridgehead atoms. The van der Waals surface area contributed by atoms with Gasteiger partial charge in [-0.25, -0.2) is 0 Å². The van der Waals surface area contributed by atoms with Gasteiger partial charge in [0.05, 0.1) is 11.9 Å². The normalized spacial score (nSPS) is 16.8. The fourth-order valence-electron chi connectivity index (χ4n) is 3.24. The van der Waals surface area contributed by atoms with E-state index in [0.29, 0.717) is 25.6 Å². The van der Waals surface area contributed by atoms with E-state index in [2.05, 4.69) is 15.4 Å². The van der Waals surface area contributed by atoms with Crippen molar-refractivity contribution in [2.24, 2.45) is 12.0 Å². The van der Waals surface area contributed by atoms with Gasteiger partial charge in [-0.05, 0) is 17.7 Å². The second-order valence-electron chi connectivity index (χ2n) is 6.43. The molecule has 9 heteroatoms. The molecule has 0 radical (unpaired) electrons. The van der Waals surface area contributed by atoms with Crippen molar-refractivity contribution in [1.29, 1.82) is 0 Å². The third-order valence-corrected chi connectivity index (χ3v) is 4.62. The number of hydrogen-bond donors (Lipinski definition) is 1. The van der Waals surface area contributed by atoms with Crippen molar-refractivity contribution in [3.63, 3.8) is 0 Å². The number of anilines is 1. The summed E-state index contributed by atoms with van der Waals surface area (Å²) in [6, 6.07) is 5.84. The molecule has 27 heavy (non-hydrogen) atoms. The molecule has 142 valence electrons. The van der Waals surface area contributed by atoms with Crippen molar-refractivity contribution in [2.45, 2.75) is 6.54 Å². The lowest BCUT2D eigenvalue weighted by molar-refractivity contribution is -0.120. The predicted octanol–water partition coefficient (Wildman–Crippen LogP) is 0.573. The fourth-order valence-corrected chi connectivity index (χ4v) is 3.24. The van der Waals surface area contributed by atoms with Crippen molar-refractivity contribution < 1.29 is 14.3 Å². The number of aliphatic imine (C=N–C) groups is 1. The first-order valence-corrected chi connectivity index (χ1v) is 8.77. The Morgan fingerprint density at radius 3 is 2.89 bits per heavy atom. The van der Waals surface area contributed by atoms with Gasteiger partial charge in [-0.3, -0.25) is 14.5 Å². The minimum absolute atomic E-state index is 0.0280. The first kappa shape index (κ1) is 17.2. The maximum Gasteiger partial charge on any atom is 0.246 e. The number of fused-ring (bicyclic) bond motifs is 1. The zero-order valence-corrected chi connectivity index (χ0v) is 15.4. The number of hydrogen-bond acceptors (Lipinski definition) is 5. The van der Waals surface area contributed by atoms with Gasteiger partial charge in [0.25, 0.3) is 0 Å². The van der Waals surface area contributed by atoms with Crippen LogP contribution in [0.1, 0.15) is 5.56 Å². The summed E-state index contributed by atoms with van der Waals surface area (Å²) in [4.78, 5) is 20.6. The van der Waals surface area contributed by atoms with E-state index >= 15 is 0 Å². The Morgan fingerprint density at radius 2 is 2.15 bits per heavy atom. The summed E-state index contributed by atoms with van der Waals surface area (Å²) in [5, 5.41) is 7.46. The Balaban J connectivity index is 1.37. The number of nitrogens with zero attached hydrogens (tertiary/aromatic N) is 5. The van der Waals surface area contributed by atoms with E-state index in [1.165, 1.54) is 0 Å². The van der Waals surface area contributed by atoms with Crippen LogP contribution >= 0.6 is 0 Å². The van der Waals surface area contributed by atoms with Crippen LogP contribution in [0.2, 0.25) is 0 Å². The molecule has 2 aliphatic rings. The lowest BCUT2D eigenvalue weighted by atomic mass is 10.2. The van der Waals surface area contributed by atoms with Gasteiger partial charge in [0.2, 0.25) is 12.7 Å². The Hall–Kier alpha value is -3.23. The molecule has 0 unspecified atom stereocenters. The highest BCUT2D eigenvalue weighted by molar-refractivity contribution is 5.98. The number of piperazine rings is 1. The molecule has 0 aliphatic carbocycles. The van der Waals surface area contributed by atoms with E-state index in [4.69, 9.17) is 9.47 Å². The molecule has 1 aromatic heterocycles. The van der Waals surface area contributed by atoms with Gasteiger partial charge in [0.15, 0.2) is 17.5 Å². The molecule has 1 saturated heterocycles. The van der Waals surface area contributed by atoms with Crippen LogP contribution in [0.5, 0.6) is 11.5 Å². The second kappa shape index (κ2) is 7.18. The van der Waals surface area contributed by atoms with Crippen LogP contribution in [0.15, 0.2) is 35.6 Å². The summed E-state index contributed by atoms with van der Waals surface area (Å²) < 4.78 is 12.4. The molecule has 3 heterocycles. The van der Waals surface area contributed by atoms with Crippen LogP contribution in [0, 0.1) is 0 Å². The molecule has 0 atom stereocenters. The largest absolute Gasteiger partial charge is 0.454 e. The lowest BCUT2D eigenvalue weighted by Crippen LogP contribution is -2.55. The Bertz CT molecular complexity index is 878. The lowest BCUT2D eigenvalue weighted by Gasteiger charge is -2.35. The molecular formula is C18H22N6O3. The highest BCUT2D eigenvalue weighted by Crippen LogP contribution is 2.32. The first-order valence-electron chi connectivity index (χ1n) is 8.77. The minimum atomic E-state index is 0.0280. The highest BCUT2D eigenvalue weighted by Gasteiger charge is 2.27. The Morgan fingerprint density at radius 1 is 1.30 bits per heavy atom. The van der Waals surface area contributed by atoms with Crippen LogP contribution in [-0.4, -0.2) is 60.0 Å². The van der Waals surface area contributed by atoms with Crippen molar-refractivity contribution in [2.75, 3.05) is 38.4 Å². The van der Waals surface area contributed by atoms with Gasteiger partial charge >= 0.3 is 0 Å². The zero-order chi connectivity index (χ0) is 18.8. The summed E-state index contributed by atoms with van der Waals surface area (Å²) in [5.74, 6) is 2.25. The third kappa shape index (κ3) is 3.53. The molecule has 1 amide bonds. The van der Waals surface area contributed by atoms with Crippen molar-refractivity contribution in [3.8, 4) is 11.5 Å². The fraction of sp³-hybridized carbons (Fsp3) is 0.389. The molecule has 2 aliphatic heterocycles. The molecule has 0 spiro atoms. The van der Waals surface area contributed by atoms with Crippen LogP contribution < -0.4 is 19.7 Å². The number of benzene rings is 1. The number of amides is 1. The molecule has 1 fully saturated rings. The Labute approximate surface area is 157 Å². The van der Waals surface area contributed by atoms with E-state index < -0.39 is 0 Å². The average molecular weight is 370 g/mol. The number of aromatic nitrogens is 2. The third-order valence-electron chi connectivity index (χ3n) is 4.62. The quantitative estimate of drug-likeness (QED) is 0.628. The SMILES string of the molecule is CN=C(NCc1ccc2c(c1)OCO2)N1CCN(c2cnn(C)c2)C(=O)C1. The summed E-state index contributed by atoms with van der Waals surface area (Å²) in [6.45, 7) is 2.41. The molecule has 2 aromatic rings. The van der Waals surface area contributed by atoms with Gasteiger partial charge in [-0.1, -0.05) is 6.07 Å². The van der Waals surface area contributed by atoms with E-state index in [0.717, 1.165) is 22.7 Å². The zero-order valence-electron chi connectivity index (χ0n) is 15.4. The molecule has 1 N–H and O–H groups in total. The van der Waals surface area contributed by atoms with Gasteiger partial charge in [-0.15, -0.1) is 0 Å². The average Bonchev–Trinajstić information content (AvgIpc) is 3.30. The number of aryl methyl sites for hydroxylation is 1. The topological polar surface area (TPSA) is 84.2 Å². The number of rotatable bonds is 3. The van der Waals surface area contributed by atoms with E-state index in [-0.39, 0.29) is 19.2 Å². The number of ether oxygens (including phenoxy) is 2. The number of guanidine groups is 1. The van der Waals surface area contributed by atoms with Crippen LogP contribution in [0.25, 0.3) is 0 Å². The smallest absolute Gasteiger partial charge is 0.246 e. The standard InChI is InChI=1S/C18H22N6O3/c1-19-18(20-8-13-3-4-15-16(7-13)27-12-26-15)23-5-6-24(17(25)11-23)14-9-21-22(2)10-14/h3-4,7,9-10H,5-6,8,11-12H2,1-2H3,(H,19,20). The van der Waals surface area contributed by atoms with E-state index in [9.17, 15) is 4.79 Å². The summed E-state index contributed by atoms with van der Waals surface area (Å²) >= 11 is 0. The molecule has 1 aromatic carbocycles. The van der Waals surface area contributed by atoms with Gasteiger partial charge < -0.3 is 24.6 Å². The summed E-state index contributed by atoms with van der Waals surface area (Å²) in [6.07, 6.45) is 3.56. The molecule has 0 saturated carbocycles. The number of carbonyl (C=O) groups is 1. The van der Waals surface area contributed by atoms with E-state index in [1.807, 2.05) is 36.3 Å². The maximum atomic E-state index is 12.6. The highest BCUT2D eigenvalue weighted by atomic mass is 16.7. The molecule has 4 rings (SSSR count).